The van der Waals surface area contributed by atoms with Gasteiger partial charge in [0.15, 0.2) is 0 Å². The van der Waals surface area contributed by atoms with Crippen molar-refractivity contribution in [1.82, 2.24) is 10.2 Å². The number of phenols is 1. The highest BCUT2D eigenvalue weighted by Crippen LogP contribution is 2.14. The lowest BCUT2D eigenvalue weighted by Crippen LogP contribution is -2.57. The van der Waals surface area contributed by atoms with Crippen LogP contribution < -0.4 is 5.32 Å². The van der Waals surface area contributed by atoms with Gasteiger partial charge in [0.2, 0.25) is 0 Å². The molecular weight excluding hydrogens is 192 g/mol. The molecule has 1 amide bonds. The minimum atomic E-state index is -0.0441. The zero-order valence-electron chi connectivity index (χ0n) is 8.60. The van der Waals surface area contributed by atoms with E-state index < -0.39 is 0 Å². The van der Waals surface area contributed by atoms with Crippen LogP contribution in [-0.2, 0) is 0 Å². The Kier molecular flexibility index (Phi) is 2.60. The van der Waals surface area contributed by atoms with Gasteiger partial charge in [-0.15, -0.1) is 0 Å². The second-order valence-electron chi connectivity index (χ2n) is 3.78. The van der Waals surface area contributed by atoms with Gasteiger partial charge in [0.05, 0.1) is 6.04 Å². The molecule has 1 aliphatic heterocycles. The van der Waals surface area contributed by atoms with E-state index in [2.05, 4.69) is 5.32 Å². The van der Waals surface area contributed by atoms with Gasteiger partial charge in [-0.25, -0.2) is 0 Å². The Morgan fingerprint density at radius 3 is 2.80 bits per heavy atom. The van der Waals surface area contributed by atoms with Gasteiger partial charge in [-0.1, -0.05) is 6.07 Å². The first-order valence-corrected chi connectivity index (χ1v) is 4.95. The highest BCUT2D eigenvalue weighted by molar-refractivity contribution is 5.94. The summed E-state index contributed by atoms with van der Waals surface area (Å²) in [6.07, 6.45) is 0. The van der Waals surface area contributed by atoms with Gasteiger partial charge < -0.3 is 15.3 Å². The Morgan fingerprint density at radius 1 is 1.53 bits per heavy atom. The molecule has 1 fully saturated rings. The summed E-state index contributed by atoms with van der Waals surface area (Å²) in [6, 6.07) is 6.71. The summed E-state index contributed by atoms with van der Waals surface area (Å²) < 4.78 is 0. The lowest BCUT2D eigenvalue weighted by molar-refractivity contribution is 0.0681. The largest absolute Gasteiger partial charge is 0.508 e. The predicted molar refractivity (Wildman–Crippen MR) is 56.9 cm³/mol. The number of likely N-dealkylation sites (N-methyl/N-ethyl adjacent to an activating group) is 1. The Bertz CT molecular complexity index is 375. The molecular formula is C11H14N2O2. The van der Waals surface area contributed by atoms with E-state index in [1.807, 2.05) is 0 Å². The molecule has 2 rings (SSSR count). The molecule has 0 spiro atoms. The van der Waals surface area contributed by atoms with Crippen LogP contribution >= 0.6 is 0 Å². The summed E-state index contributed by atoms with van der Waals surface area (Å²) in [7, 11) is 1.79. The highest BCUT2D eigenvalue weighted by atomic mass is 16.3. The van der Waals surface area contributed by atoms with Crippen molar-refractivity contribution in [1.29, 1.82) is 0 Å². The molecule has 0 atom stereocenters. The second-order valence-corrected chi connectivity index (χ2v) is 3.78. The summed E-state index contributed by atoms with van der Waals surface area (Å²) in [5, 5.41) is 12.4. The topological polar surface area (TPSA) is 52.6 Å². The van der Waals surface area contributed by atoms with Crippen LogP contribution in [0.4, 0.5) is 0 Å². The maximum atomic E-state index is 11.9. The zero-order chi connectivity index (χ0) is 10.8. The van der Waals surface area contributed by atoms with E-state index in [-0.39, 0.29) is 17.7 Å². The van der Waals surface area contributed by atoms with Crippen LogP contribution in [0, 0.1) is 0 Å². The number of rotatable bonds is 2. The highest BCUT2D eigenvalue weighted by Gasteiger charge is 2.25. The molecule has 1 aromatic rings. The van der Waals surface area contributed by atoms with Gasteiger partial charge in [0.1, 0.15) is 5.75 Å². The average molecular weight is 206 g/mol. The fourth-order valence-electron chi connectivity index (χ4n) is 1.56. The van der Waals surface area contributed by atoms with Crippen molar-refractivity contribution < 1.29 is 9.90 Å². The van der Waals surface area contributed by atoms with Crippen LogP contribution in [0.25, 0.3) is 0 Å². The molecule has 1 aromatic carbocycles. The predicted octanol–water partition coefficient (Wildman–Crippen LogP) is 0.436. The molecule has 15 heavy (non-hydrogen) atoms. The summed E-state index contributed by atoms with van der Waals surface area (Å²) in [5.41, 5.74) is 0.532. The van der Waals surface area contributed by atoms with Crippen LogP contribution in [0.5, 0.6) is 5.75 Å². The number of benzene rings is 1. The molecule has 4 heteroatoms. The molecule has 80 valence electrons. The molecule has 1 heterocycles. The van der Waals surface area contributed by atoms with Crippen LogP contribution in [0.15, 0.2) is 24.3 Å². The number of aromatic hydroxyl groups is 1. The Balaban J connectivity index is 2.12. The van der Waals surface area contributed by atoms with Gasteiger partial charge in [-0.2, -0.15) is 0 Å². The van der Waals surface area contributed by atoms with Crippen molar-refractivity contribution in [3.8, 4) is 5.75 Å². The minimum Gasteiger partial charge on any atom is -0.508 e. The minimum absolute atomic E-state index is 0.0441. The Hall–Kier alpha value is -1.55. The number of nitrogens with zero attached hydrogens (tertiary/aromatic N) is 1. The number of phenolic OH excluding ortho intramolecular Hbond substituents is 1. The van der Waals surface area contributed by atoms with Crippen molar-refractivity contribution in [3.05, 3.63) is 29.8 Å². The average Bonchev–Trinajstić information content (AvgIpc) is 2.14. The van der Waals surface area contributed by atoms with E-state index in [9.17, 15) is 9.90 Å². The second kappa shape index (κ2) is 3.90. The molecule has 0 unspecified atom stereocenters. The van der Waals surface area contributed by atoms with Crippen molar-refractivity contribution in [2.75, 3.05) is 20.1 Å². The Labute approximate surface area is 88.5 Å². The summed E-state index contributed by atoms with van der Waals surface area (Å²) in [5.74, 6) is 0.0818. The van der Waals surface area contributed by atoms with E-state index >= 15 is 0 Å². The molecule has 1 saturated heterocycles. The van der Waals surface area contributed by atoms with Gasteiger partial charge in [0.25, 0.3) is 5.91 Å². The quantitative estimate of drug-likeness (QED) is 0.738. The van der Waals surface area contributed by atoms with E-state index in [1.165, 1.54) is 6.07 Å². The summed E-state index contributed by atoms with van der Waals surface area (Å²) in [6.45, 7) is 1.70. The van der Waals surface area contributed by atoms with Crippen LogP contribution in [-0.4, -0.2) is 42.1 Å². The van der Waals surface area contributed by atoms with Gasteiger partial charge in [0, 0.05) is 25.7 Å². The van der Waals surface area contributed by atoms with Crippen LogP contribution in [0.1, 0.15) is 10.4 Å². The third kappa shape index (κ3) is 1.94. The molecule has 0 bridgehead atoms. The molecule has 2 N–H and O–H groups in total. The maximum absolute atomic E-state index is 11.9. The summed E-state index contributed by atoms with van der Waals surface area (Å²) in [4.78, 5) is 13.6. The number of nitrogens with one attached hydrogen (secondary N) is 1. The third-order valence-electron chi connectivity index (χ3n) is 2.72. The van der Waals surface area contributed by atoms with Gasteiger partial charge >= 0.3 is 0 Å². The molecule has 1 aliphatic rings. The SMILES string of the molecule is CN(C(=O)c1cccc(O)c1)C1CNC1. The first-order valence-electron chi connectivity index (χ1n) is 4.95. The lowest BCUT2D eigenvalue weighted by Gasteiger charge is -2.35. The third-order valence-corrected chi connectivity index (χ3v) is 2.72. The molecule has 4 nitrogen and oxygen atoms in total. The lowest BCUT2D eigenvalue weighted by atomic mass is 10.1. The van der Waals surface area contributed by atoms with Crippen molar-refractivity contribution in [2.24, 2.45) is 0 Å². The monoisotopic (exact) mass is 206 g/mol. The van der Waals surface area contributed by atoms with Crippen LogP contribution in [0.3, 0.4) is 0 Å². The number of carbonyl (C=O) groups is 1. The van der Waals surface area contributed by atoms with Crippen molar-refractivity contribution >= 4 is 5.91 Å². The van der Waals surface area contributed by atoms with E-state index in [4.69, 9.17) is 0 Å². The molecule has 0 aromatic heterocycles. The number of carbonyl (C=O) groups excluding carboxylic acids is 1. The fraction of sp³-hybridized carbons (Fsp3) is 0.364. The molecule has 0 radical (unpaired) electrons. The maximum Gasteiger partial charge on any atom is 0.254 e. The molecule has 0 saturated carbocycles. The van der Waals surface area contributed by atoms with Crippen molar-refractivity contribution in [3.63, 3.8) is 0 Å². The zero-order valence-corrected chi connectivity index (χ0v) is 8.60. The Morgan fingerprint density at radius 2 is 2.27 bits per heavy atom. The summed E-state index contributed by atoms with van der Waals surface area (Å²) >= 11 is 0. The van der Waals surface area contributed by atoms with Gasteiger partial charge in [-0.3, -0.25) is 4.79 Å². The number of hydrogen-bond acceptors (Lipinski definition) is 3. The number of hydrogen-bond donors (Lipinski definition) is 2. The molecule has 0 aliphatic carbocycles. The smallest absolute Gasteiger partial charge is 0.254 e. The normalized spacial score (nSPS) is 15.8. The first kappa shape index (κ1) is 9.98. The van der Waals surface area contributed by atoms with E-state index in [0.717, 1.165) is 13.1 Å². The standard InChI is InChI=1S/C11H14N2O2/c1-13(9-6-12-7-9)11(15)8-3-2-4-10(14)5-8/h2-5,9,12,14H,6-7H2,1H3. The van der Waals surface area contributed by atoms with Gasteiger partial charge in [-0.05, 0) is 18.2 Å². The van der Waals surface area contributed by atoms with E-state index in [0.29, 0.717) is 5.56 Å². The first-order chi connectivity index (χ1) is 7.18. The number of amides is 1. The van der Waals surface area contributed by atoms with Crippen LogP contribution in [0.2, 0.25) is 0 Å². The van der Waals surface area contributed by atoms with E-state index in [1.54, 1.807) is 30.1 Å². The van der Waals surface area contributed by atoms with Crippen molar-refractivity contribution in [2.45, 2.75) is 6.04 Å². The fourth-order valence-corrected chi connectivity index (χ4v) is 1.56.